The highest BCUT2D eigenvalue weighted by Gasteiger charge is 2.52. The van der Waals surface area contributed by atoms with Crippen LogP contribution in [0, 0.1) is 17.8 Å². The quantitative estimate of drug-likeness (QED) is 0.507. The molecule has 0 amide bonds. The minimum Gasteiger partial charge on any atom is -0.450 e. The average Bonchev–Trinajstić information content (AvgIpc) is 2.82. The van der Waals surface area contributed by atoms with Crippen molar-refractivity contribution < 1.29 is 15.2 Å². The van der Waals surface area contributed by atoms with E-state index in [9.17, 15) is 15.2 Å². The van der Waals surface area contributed by atoms with Crippen molar-refractivity contribution in [3.63, 3.8) is 0 Å². The Morgan fingerprint density at radius 3 is 2.09 bits per heavy atom. The molecule has 7 rings (SSSR count). The van der Waals surface area contributed by atoms with Crippen LogP contribution in [0.5, 0.6) is 0 Å². The van der Waals surface area contributed by atoms with Gasteiger partial charge in [-0.1, -0.05) is 54.0 Å². The third kappa shape index (κ3) is 3.82. The fraction of sp³-hybridized carbons (Fsp3) is 0.448. The molecule has 0 heterocycles. The lowest BCUT2D eigenvalue weighted by molar-refractivity contribution is -0.00589. The first-order valence-electron chi connectivity index (χ1n) is 12.5. The molecule has 3 aromatic carbocycles. The zero-order valence-electron chi connectivity index (χ0n) is 19.1. The summed E-state index contributed by atoms with van der Waals surface area (Å²) in [6, 6.07) is 19.3. The van der Waals surface area contributed by atoms with Gasteiger partial charge in [0, 0.05) is 6.42 Å². The normalized spacial score (nSPS) is 28.9. The molecule has 0 spiro atoms. The van der Waals surface area contributed by atoms with Gasteiger partial charge in [-0.05, 0) is 101 Å². The van der Waals surface area contributed by atoms with E-state index in [1.807, 2.05) is 12.1 Å². The summed E-state index contributed by atoms with van der Waals surface area (Å²) < 4.78 is 0. The predicted octanol–water partition coefficient (Wildman–Crippen LogP) is 4.11. The fourth-order valence-electron chi connectivity index (χ4n) is 7.71. The molecular weight excluding hydrogens is 407 g/mol. The lowest BCUT2D eigenvalue weighted by Crippen LogP contribution is -2.49. The van der Waals surface area contributed by atoms with E-state index in [-0.39, 0.29) is 12.0 Å². The first-order chi connectivity index (χ1) is 16.0. The Balaban J connectivity index is 1.44. The van der Waals surface area contributed by atoms with Crippen LogP contribution in [0.3, 0.4) is 0 Å². The molecule has 1 unspecified atom stereocenters. The van der Waals surface area contributed by atoms with E-state index in [0.717, 1.165) is 41.5 Å². The smallest absolute Gasteiger partial charge is 0.326 e. The summed E-state index contributed by atoms with van der Waals surface area (Å²) in [5.74, 6) is 2.57. The third-order valence-electron chi connectivity index (χ3n) is 8.73. The number of rotatable bonds is 6. The van der Waals surface area contributed by atoms with Gasteiger partial charge in [-0.3, -0.25) is 0 Å². The second-order valence-corrected chi connectivity index (χ2v) is 11.1. The van der Waals surface area contributed by atoms with Crippen molar-refractivity contribution in [2.24, 2.45) is 17.8 Å². The van der Waals surface area contributed by atoms with Crippen molar-refractivity contribution in [2.45, 2.75) is 56.5 Å². The van der Waals surface area contributed by atoms with Crippen molar-refractivity contribution in [1.82, 2.24) is 0 Å². The van der Waals surface area contributed by atoms with Gasteiger partial charge < -0.3 is 15.2 Å². The van der Waals surface area contributed by atoms with Gasteiger partial charge >= 0.3 is 7.48 Å². The monoisotopic (exact) mass is 439 g/mol. The van der Waals surface area contributed by atoms with Crippen molar-refractivity contribution in [3.8, 4) is 11.1 Å². The van der Waals surface area contributed by atoms with Crippen LogP contribution in [0.2, 0.25) is 0 Å². The number of aliphatic hydroxyl groups excluding tert-OH is 2. The van der Waals surface area contributed by atoms with Gasteiger partial charge in [-0.25, -0.2) is 0 Å². The Kier molecular flexibility index (Phi) is 5.36. The summed E-state index contributed by atoms with van der Waals surface area (Å²) in [5, 5.41) is 31.4. The van der Waals surface area contributed by atoms with Crippen molar-refractivity contribution >= 4 is 23.7 Å². The highest BCUT2D eigenvalue weighted by molar-refractivity contribution is 6.46. The summed E-state index contributed by atoms with van der Waals surface area (Å²) in [7, 11) is 1.14. The maximum atomic E-state index is 10.3. The molecule has 4 aliphatic rings. The molecule has 3 aromatic rings. The van der Waals surface area contributed by atoms with E-state index in [0.29, 0.717) is 6.42 Å². The molecule has 0 aliphatic heterocycles. The number of aliphatic hydroxyl groups is 2. The Bertz CT molecular complexity index is 1150. The molecule has 3 N–H and O–H groups in total. The van der Waals surface area contributed by atoms with Gasteiger partial charge in [0.05, 0.1) is 12.7 Å². The van der Waals surface area contributed by atoms with E-state index >= 15 is 0 Å². The van der Waals surface area contributed by atoms with Gasteiger partial charge in [-0.2, -0.15) is 0 Å². The molecule has 4 bridgehead atoms. The standard InChI is InChI=1S/C29H32BO3/c31-17-27(32)12-25-4-3-24(21-1-2-23-11-26(30-33)6-5-22(23)10-21)13-28(25)29-14-18-7-19(15-29)9-20(8-18)16-29/h1-6,10-11,13,18-20,27,31-33H,7-9,12,14-17H2. The van der Waals surface area contributed by atoms with E-state index in [4.69, 9.17) is 0 Å². The predicted molar refractivity (Wildman–Crippen MR) is 134 cm³/mol. The zero-order chi connectivity index (χ0) is 22.6. The Morgan fingerprint density at radius 2 is 1.42 bits per heavy atom. The summed E-state index contributed by atoms with van der Waals surface area (Å²) in [4.78, 5) is 0. The van der Waals surface area contributed by atoms with Gasteiger partial charge in [0.2, 0.25) is 0 Å². The largest absolute Gasteiger partial charge is 0.450 e. The number of fused-ring (bicyclic) bond motifs is 1. The summed E-state index contributed by atoms with van der Waals surface area (Å²) in [6.07, 6.45) is 7.88. The van der Waals surface area contributed by atoms with Crippen LogP contribution in [-0.2, 0) is 11.8 Å². The second kappa shape index (κ2) is 8.27. The van der Waals surface area contributed by atoms with Crippen LogP contribution in [0.25, 0.3) is 21.9 Å². The van der Waals surface area contributed by atoms with Gasteiger partial charge in [0.25, 0.3) is 0 Å². The molecule has 1 atom stereocenters. The molecule has 4 heteroatoms. The molecule has 0 aromatic heterocycles. The highest BCUT2D eigenvalue weighted by atomic mass is 16.3. The van der Waals surface area contributed by atoms with E-state index < -0.39 is 6.10 Å². The maximum Gasteiger partial charge on any atom is 0.326 e. The molecule has 3 nitrogen and oxygen atoms in total. The minimum absolute atomic E-state index is 0.194. The van der Waals surface area contributed by atoms with Crippen molar-refractivity contribution in [3.05, 3.63) is 65.7 Å². The van der Waals surface area contributed by atoms with Crippen LogP contribution >= 0.6 is 0 Å². The van der Waals surface area contributed by atoms with Crippen molar-refractivity contribution in [1.29, 1.82) is 0 Å². The summed E-state index contributed by atoms with van der Waals surface area (Å²) in [6.45, 7) is -0.194. The lowest BCUT2D eigenvalue weighted by atomic mass is 9.47. The molecule has 4 fully saturated rings. The highest BCUT2D eigenvalue weighted by Crippen LogP contribution is 2.61. The molecule has 4 aliphatic carbocycles. The number of hydrogen-bond acceptors (Lipinski definition) is 3. The molecule has 0 saturated heterocycles. The Morgan fingerprint density at radius 1 is 0.818 bits per heavy atom. The molecular formula is C29H32BO3. The first kappa shape index (κ1) is 21.4. The average molecular weight is 439 g/mol. The lowest BCUT2D eigenvalue weighted by Gasteiger charge is -2.57. The van der Waals surface area contributed by atoms with Gasteiger partial charge in [0.15, 0.2) is 0 Å². The molecule has 4 saturated carbocycles. The van der Waals surface area contributed by atoms with Crippen LogP contribution < -0.4 is 5.46 Å². The zero-order valence-corrected chi connectivity index (χ0v) is 19.1. The fourth-order valence-corrected chi connectivity index (χ4v) is 7.71. The molecule has 169 valence electrons. The van der Waals surface area contributed by atoms with Crippen LogP contribution in [0.1, 0.15) is 49.7 Å². The molecule has 1 radical (unpaired) electrons. The Hall–Kier alpha value is -2.14. The van der Waals surface area contributed by atoms with Crippen LogP contribution in [-0.4, -0.2) is 35.4 Å². The van der Waals surface area contributed by atoms with Gasteiger partial charge in [0.1, 0.15) is 0 Å². The number of hydrogen-bond donors (Lipinski definition) is 3. The van der Waals surface area contributed by atoms with E-state index in [1.165, 1.54) is 60.8 Å². The maximum absolute atomic E-state index is 10.3. The SMILES string of the molecule is O[B]c1ccc2cc(-c3ccc(CC(O)CO)c(C45CC6CC(CC(C6)C4)C5)c3)ccc2c1. The van der Waals surface area contributed by atoms with Crippen LogP contribution in [0.4, 0.5) is 0 Å². The Labute approximate surface area is 196 Å². The second-order valence-electron chi connectivity index (χ2n) is 11.1. The van der Waals surface area contributed by atoms with E-state index in [2.05, 4.69) is 42.5 Å². The van der Waals surface area contributed by atoms with Gasteiger partial charge in [-0.15, -0.1) is 0 Å². The van der Waals surface area contributed by atoms with E-state index in [1.54, 1.807) is 0 Å². The molecule has 33 heavy (non-hydrogen) atoms. The third-order valence-corrected chi connectivity index (χ3v) is 8.73. The summed E-state index contributed by atoms with van der Waals surface area (Å²) in [5.41, 5.74) is 6.11. The number of benzene rings is 3. The van der Waals surface area contributed by atoms with Crippen molar-refractivity contribution in [2.75, 3.05) is 6.61 Å². The van der Waals surface area contributed by atoms with Crippen LogP contribution in [0.15, 0.2) is 54.6 Å². The summed E-state index contributed by atoms with van der Waals surface area (Å²) >= 11 is 0. The minimum atomic E-state index is -0.707. The first-order valence-corrected chi connectivity index (χ1v) is 12.5. The topological polar surface area (TPSA) is 60.7 Å².